The Bertz CT molecular complexity index is 932. The van der Waals surface area contributed by atoms with Crippen LogP contribution in [0.15, 0.2) is 46.9 Å². The number of hydrogen-bond acceptors (Lipinski definition) is 6. The van der Waals surface area contributed by atoms with E-state index in [1.807, 2.05) is 48.7 Å². The maximum absolute atomic E-state index is 13.4. The Morgan fingerprint density at radius 2 is 2.06 bits per heavy atom. The molecule has 8 nitrogen and oxygen atoms in total. The molecule has 0 aliphatic carbocycles. The lowest BCUT2D eigenvalue weighted by Gasteiger charge is -2.27. The van der Waals surface area contributed by atoms with Crippen LogP contribution in [0.5, 0.6) is 5.75 Å². The van der Waals surface area contributed by atoms with Gasteiger partial charge in [0.05, 0.1) is 30.3 Å². The molecule has 1 aliphatic heterocycles. The Morgan fingerprint density at radius 1 is 1.25 bits per heavy atom. The van der Waals surface area contributed by atoms with Gasteiger partial charge in [0, 0.05) is 32.2 Å². The maximum Gasteiger partial charge on any atom is 0.317 e. The SMILES string of the molecule is CCCNC(=O)N(CCOC)CC(=O)N1N=C(c2cccs2)C[C@@H]1c1ccccc1OC. The van der Waals surface area contributed by atoms with Gasteiger partial charge in [-0.25, -0.2) is 9.80 Å². The standard InChI is InChI=1S/C23H30N4O4S/c1-4-11-24-23(29)26(12-13-30-2)16-22(28)27-19(17-8-5-6-9-20(17)31-3)15-18(25-27)21-10-7-14-32-21/h5-10,14,19H,4,11-13,15-16H2,1-3H3,(H,24,29)/t19-/m1/s1. The molecule has 2 heterocycles. The first-order valence-electron chi connectivity index (χ1n) is 10.7. The van der Waals surface area contributed by atoms with E-state index in [-0.39, 0.29) is 24.5 Å². The summed E-state index contributed by atoms with van der Waals surface area (Å²) in [6.45, 7) is 3.09. The molecule has 2 aromatic rings. The van der Waals surface area contributed by atoms with Crippen molar-refractivity contribution in [3.63, 3.8) is 0 Å². The molecule has 172 valence electrons. The molecule has 3 amide bonds. The third kappa shape index (κ3) is 5.66. The lowest BCUT2D eigenvalue weighted by Crippen LogP contribution is -2.47. The summed E-state index contributed by atoms with van der Waals surface area (Å²) in [6, 6.07) is 11.0. The third-order valence-corrected chi connectivity index (χ3v) is 6.09. The van der Waals surface area contributed by atoms with Crippen LogP contribution in [-0.2, 0) is 9.53 Å². The van der Waals surface area contributed by atoms with Crippen LogP contribution in [0.2, 0.25) is 0 Å². The number of urea groups is 1. The highest BCUT2D eigenvalue weighted by Gasteiger charge is 2.36. The van der Waals surface area contributed by atoms with Crippen molar-refractivity contribution in [3.8, 4) is 5.75 Å². The highest BCUT2D eigenvalue weighted by Crippen LogP contribution is 2.38. The molecule has 0 fully saturated rings. The first kappa shape index (κ1) is 23.7. The van der Waals surface area contributed by atoms with E-state index in [0.29, 0.717) is 31.9 Å². The number of benzene rings is 1. The van der Waals surface area contributed by atoms with Gasteiger partial charge in [0.1, 0.15) is 12.3 Å². The number of methoxy groups -OCH3 is 2. The predicted molar refractivity (Wildman–Crippen MR) is 125 cm³/mol. The Labute approximate surface area is 192 Å². The fraction of sp³-hybridized carbons (Fsp3) is 0.435. The summed E-state index contributed by atoms with van der Waals surface area (Å²) in [5, 5.41) is 11.0. The number of carbonyl (C=O) groups is 2. The van der Waals surface area contributed by atoms with Crippen molar-refractivity contribution in [2.45, 2.75) is 25.8 Å². The van der Waals surface area contributed by atoms with E-state index in [4.69, 9.17) is 9.47 Å². The highest BCUT2D eigenvalue weighted by atomic mass is 32.1. The molecule has 0 spiro atoms. The van der Waals surface area contributed by atoms with Gasteiger partial charge in [-0.3, -0.25) is 4.79 Å². The fourth-order valence-corrected chi connectivity index (χ4v) is 4.27. The zero-order valence-electron chi connectivity index (χ0n) is 18.7. The Kier molecular flexibility index (Phi) is 8.64. The second-order valence-electron chi connectivity index (χ2n) is 7.37. The Hall–Kier alpha value is -2.91. The smallest absolute Gasteiger partial charge is 0.317 e. The molecule has 3 rings (SSSR count). The molecule has 9 heteroatoms. The third-order valence-electron chi connectivity index (χ3n) is 5.17. The van der Waals surface area contributed by atoms with Crippen molar-refractivity contribution in [1.82, 2.24) is 15.2 Å². The van der Waals surface area contributed by atoms with Gasteiger partial charge in [0.2, 0.25) is 0 Å². The minimum absolute atomic E-state index is 0.0915. The number of amides is 3. The summed E-state index contributed by atoms with van der Waals surface area (Å²) in [5.74, 6) is 0.449. The van der Waals surface area contributed by atoms with Gasteiger partial charge < -0.3 is 19.7 Å². The summed E-state index contributed by atoms with van der Waals surface area (Å²) >= 11 is 1.59. The van der Waals surface area contributed by atoms with Crippen LogP contribution in [0.4, 0.5) is 4.79 Å². The molecule has 1 aromatic heterocycles. The number of nitrogens with zero attached hydrogens (tertiary/aromatic N) is 3. The topological polar surface area (TPSA) is 83.5 Å². The average molecular weight is 459 g/mol. The zero-order chi connectivity index (χ0) is 22.9. The van der Waals surface area contributed by atoms with Gasteiger partial charge in [-0.1, -0.05) is 31.2 Å². The van der Waals surface area contributed by atoms with E-state index in [1.165, 1.54) is 9.91 Å². The van der Waals surface area contributed by atoms with Gasteiger partial charge >= 0.3 is 6.03 Å². The molecular weight excluding hydrogens is 428 g/mol. The van der Waals surface area contributed by atoms with Crippen LogP contribution in [0.25, 0.3) is 0 Å². The molecule has 1 aliphatic rings. The highest BCUT2D eigenvalue weighted by molar-refractivity contribution is 7.12. The summed E-state index contributed by atoms with van der Waals surface area (Å²) in [4.78, 5) is 28.5. The molecule has 0 saturated carbocycles. The molecule has 32 heavy (non-hydrogen) atoms. The predicted octanol–water partition coefficient (Wildman–Crippen LogP) is 3.50. The van der Waals surface area contributed by atoms with Gasteiger partial charge in [-0.05, 0) is 23.9 Å². The lowest BCUT2D eigenvalue weighted by molar-refractivity contribution is -0.133. The van der Waals surface area contributed by atoms with Crippen LogP contribution in [-0.4, -0.2) is 68.0 Å². The number of thiophene rings is 1. The number of para-hydroxylation sites is 1. The van der Waals surface area contributed by atoms with Crippen molar-refractivity contribution >= 4 is 29.0 Å². The monoisotopic (exact) mass is 458 g/mol. The molecule has 1 aromatic carbocycles. The van der Waals surface area contributed by atoms with Gasteiger partial charge in [0.15, 0.2) is 0 Å². The number of hydrazone groups is 1. The molecule has 0 saturated heterocycles. The van der Waals surface area contributed by atoms with Crippen LogP contribution >= 0.6 is 11.3 Å². The molecular formula is C23H30N4O4S. The van der Waals surface area contributed by atoms with E-state index in [2.05, 4.69) is 10.4 Å². The number of nitrogens with one attached hydrogen (secondary N) is 1. The van der Waals surface area contributed by atoms with E-state index >= 15 is 0 Å². The second-order valence-corrected chi connectivity index (χ2v) is 8.32. The van der Waals surface area contributed by atoms with Gasteiger partial charge in [-0.2, -0.15) is 5.10 Å². The summed E-state index contributed by atoms with van der Waals surface area (Å²) in [6.07, 6.45) is 1.39. The first-order chi connectivity index (χ1) is 15.6. The number of rotatable bonds is 10. The minimum atomic E-state index is -0.307. The number of ether oxygens (including phenoxy) is 2. The van der Waals surface area contributed by atoms with Gasteiger partial charge in [0.25, 0.3) is 5.91 Å². The molecule has 0 radical (unpaired) electrons. The maximum atomic E-state index is 13.4. The van der Waals surface area contributed by atoms with Crippen LogP contribution < -0.4 is 10.1 Å². The molecule has 1 N–H and O–H groups in total. The molecule has 1 atom stereocenters. The van der Waals surface area contributed by atoms with Crippen LogP contribution in [0, 0.1) is 0 Å². The van der Waals surface area contributed by atoms with Crippen LogP contribution in [0.1, 0.15) is 36.2 Å². The van der Waals surface area contributed by atoms with Crippen molar-refractivity contribution < 1.29 is 19.1 Å². The lowest BCUT2D eigenvalue weighted by atomic mass is 10.00. The Morgan fingerprint density at radius 3 is 2.75 bits per heavy atom. The Balaban J connectivity index is 1.86. The minimum Gasteiger partial charge on any atom is -0.496 e. The first-order valence-corrected chi connectivity index (χ1v) is 11.5. The fourth-order valence-electron chi connectivity index (χ4n) is 3.55. The normalized spacial score (nSPS) is 15.4. The van der Waals surface area contributed by atoms with Crippen molar-refractivity contribution in [3.05, 3.63) is 52.2 Å². The van der Waals surface area contributed by atoms with Crippen molar-refractivity contribution in [2.75, 3.05) is 40.5 Å². The van der Waals surface area contributed by atoms with E-state index < -0.39 is 0 Å². The quantitative estimate of drug-likeness (QED) is 0.591. The van der Waals surface area contributed by atoms with E-state index in [9.17, 15) is 9.59 Å². The summed E-state index contributed by atoms with van der Waals surface area (Å²) < 4.78 is 10.7. The van der Waals surface area contributed by atoms with E-state index in [0.717, 1.165) is 22.6 Å². The average Bonchev–Trinajstić information content (AvgIpc) is 3.50. The number of hydrogen-bond donors (Lipinski definition) is 1. The van der Waals surface area contributed by atoms with Gasteiger partial charge in [-0.15, -0.1) is 11.3 Å². The molecule has 0 unspecified atom stereocenters. The largest absolute Gasteiger partial charge is 0.496 e. The van der Waals surface area contributed by atoms with Crippen molar-refractivity contribution in [1.29, 1.82) is 0 Å². The van der Waals surface area contributed by atoms with Crippen LogP contribution in [0.3, 0.4) is 0 Å². The zero-order valence-corrected chi connectivity index (χ0v) is 19.6. The summed E-state index contributed by atoms with van der Waals surface area (Å²) in [7, 11) is 3.19. The molecule has 0 bridgehead atoms. The van der Waals surface area contributed by atoms with Crippen molar-refractivity contribution in [2.24, 2.45) is 5.10 Å². The summed E-state index contributed by atoms with van der Waals surface area (Å²) in [5.41, 5.74) is 1.74. The van der Waals surface area contributed by atoms with E-state index in [1.54, 1.807) is 25.6 Å². The second kappa shape index (κ2) is 11.6. The number of carbonyl (C=O) groups excluding carboxylic acids is 2.